The van der Waals surface area contributed by atoms with Crippen molar-refractivity contribution in [3.8, 4) is 5.75 Å². The lowest BCUT2D eigenvalue weighted by Gasteiger charge is -2.32. The van der Waals surface area contributed by atoms with E-state index in [1.54, 1.807) is 38.2 Å². The van der Waals surface area contributed by atoms with Gasteiger partial charge in [0.2, 0.25) is 0 Å². The Morgan fingerprint density at radius 3 is 2.66 bits per heavy atom. The highest BCUT2D eigenvalue weighted by Crippen LogP contribution is 2.50. The van der Waals surface area contributed by atoms with E-state index in [1.165, 1.54) is 17.8 Å². The highest BCUT2D eigenvalue weighted by atomic mass is 35.5. The lowest BCUT2D eigenvalue weighted by Crippen LogP contribution is -2.48. The second kappa shape index (κ2) is 13.6. The van der Waals surface area contributed by atoms with E-state index in [4.69, 9.17) is 30.1 Å². The van der Waals surface area contributed by atoms with Crippen molar-refractivity contribution in [3.63, 3.8) is 0 Å². The molecule has 254 valence electrons. The Balaban J connectivity index is 1.44. The summed E-state index contributed by atoms with van der Waals surface area (Å²) in [7, 11) is -2.81. The van der Waals surface area contributed by atoms with Gasteiger partial charge in [0, 0.05) is 12.4 Å². The average molecular weight is 693 g/mol. The van der Waals surface area contributed by atoms with Gasteiger partial charge in [0.1, 0.15) is 29.3 Å². The summed E-state index contributed by atoms with van der Waals surface area (Å²) < 4.78 is 55.1. The molecular weight excluding hydrogens is 654 g/mol. The van der Waals surface area contributed by atoms with E-state index in [2.05, 4.69) is 25.4 Å². The number of aliphatic hydroxyl groups is 1. The van der Waals surface area contributed by atoms with Gasteiger partial charge in [-0.3, -0.25) is 13.9 Å². The molecule has 47 heavy (non-hydrogen) atoms. The van der Waals surface area contributed by atoms with Gasteiger partial charge in [0.25, 0.3) is 0 Å². The predicted octanol–water partition coefficient (Wildman–Crippen LogP) is 5.31. The first kappa shape index (κ1) is 34.9. The zero-order valence-corrected chi connectivity index (χ0v) is 28.6. The summed E-state index contributed by atoms with van der Waals surface area (Å²) in [5.41, 5.74) is -1.57. The first-order valence-corrected chi connectivity index (χ1v) is 17.1. The molecule has 2 aromatic heterocycles. The third kappa shape index (κ3) is 7.38. The molecule has 0 amide bonds. The van der Waals surface area contributed by atoms with E-state index >= 15 is 4.39 Å². The molecule has 1 fully saturated rings. The van der Waals surface area contributed by atoms with Crippen LogP contribution in [0.15, 0.2) is 48.8 Å². The fourth-order valence-electron chi connectivity index (χ4n) is 5.08. The molecule has 5 rings (SSSR count). The standard InChI is InChI=1S/C31H39ClFN6O7P/c1-18(29(41)43-15-30(3,4)5)38-47(42,46-22-13-9-11-20-10-7-8-12-21(20)22)44-16-31(14-32)25(40)23(33)28(45-31)39-17-35-24-26(34-6)36-19(2)37-27(24)39/h7-13,17-18,23,25,28,40H,14-16H2,1-6H3,(H,38,42)(H,34,36,37)/t18-,23-,25+,28-,31-,47-/m1/s1. The number of hydrogen-bond acceptors (Lipinski definition) is 11. The maximum Gasteiger partial charge on any atom is 0.459 e. The number of benzene rings is 2. The number of aryl methyl sites for hydroxylation is 1. The molecule has 0 saturated carbocycles. The van der Waals surface area contributed by atoms with Gasteiger partial charge in [0.05, 0.1) is 25.4 Å². The van der Waals surface area contributed by atoms with Crippen LogP contribution in [0.5, 0.6) is 5.75 Å². The van der Waals surface area contributed by atoms with Gasteiger partial charge in [0.15, 0.2) is 29.4 Å². The number of carbonyl (C=O) groups is 1. The SMILES string of the molecule is CNc1nc(C)nc2c1ncn2[C@@H]1O[C@](CCl)(CO[P@](=O)(N[C@H](C)C(=O)OCC(C)(C)C)Oc2cccc3ccccc23)[C@@H](O)[C@H]1F. The Bertz CT molecular complexity index is 1800. The summed E-state index contributed by atoms with van der Waals surface area (Å²) in [5, 5.41) is 18.2. The summed E-state index contributed by atoms with van der Waals surface area (Å²) in [5.74, 6) is -0.116. The monoisotopic (exact) mass is 692 g/mol. The summed E-state index contributed by atoms with van der Waals surface area (Å²) in [6, 6.07) is 11.3. The molecule has 0 unspecified atom stereocenters. The molecule has 0 radical (unpaired) electrons. The molecule has 13 nitrogen and oxygen atoms in total. The fourth-order valence-corrected chi connectivity index (χ4v) is 6.94. The minimum Gasteiger partial charge on any atom is -0.464 e. The van der Waals surface area contributed by atoms with Crippen molar-refractivity contribution in [2.75, 3.05) is 31.5 Å². The van der Waals surface area contributed by atoms with Crippen LogP contribution in [0.4, 0.5) is 10.2 Å². The van der Waals surface area contributed by atoms with Crippen molar-refractivity contribution in [1.29, 1.82) is 0 Å². The van der Waals surface area contributed by atoms with Gasteiger partial charge in [-0.15, -0.1) is 11.6 Å². The molecule has 1 saturated heterocycles. The number of imidazole rings is 1. The number of fused-ring (bicyclic) bond motifs is 2. The summed E-state index contributed by atoms with van der Waals surface area (Å²) in [6.45, 7) is 8.26. The number of esters is 1. The van der Waals surface area contributed by atoms with E-state index in [0.29, 0.717) is 22.5 Å². The zero-order chi connectivity index (χ0) is 34.1. The van der Waals surface area contributed by atoms with Crippen molar-refractivity contribution in [2.24, 2.45) is 5.41 Å². The number of rotatable bonds is 12. The largest absolute Gasteiger partial charge is 0.464 e. The molecule has 0 aliphatic carbocycles. The Labute approximate surface area is 276 Å². The minimum atomic E-state index is -4.48. The van der Waals surface area contributed by atoms with E-state index in [0.717, 1.165) is 5.39 Å². The second-order valence-corrected chi connectivity index (χ2v) is 14.6. The maximum atomic E-state index is 15.9. The number of hydrogen-bond donors (Lipinski definition) is 3. The maximum absolute atomic E-state index is 15.9. The van der Waals surface area contributed by atoms with Crippen molar-refractivity contribution < 1.29 is 37.4 Å². The molecule has 0 spiro atoms. The van der Waals surface area contributed by atoms with Gasteiger partial charge in [-0.2, -0.15) is 5.09 Å². The number of ether oxygens (including phenoxy) is 2. The quantitative estimate of drug-likeness (QED) is 0.100. The third-order valence-electron chi connectivity index (χ3n) is 7.54. The highest BCUT2D eigenvalue weighted by Gasteiger charge is 2.57. The zero-order valence-electron chi connectivity index (χ0n) is 26.9. The molecule has 16 heteroatoms. The number of nitrogens with zero attached hydrogens (tertiary/aromatic N) is 4. The lowest BCUT2D eigenvalue weighted by atomic mass is 9.99. The molecular formula is C31H39ClFN6O7P. The van der Waals surface area contributed by atoms with Crippen molar-refractivity contribution >= 4 is 53.1 Å². The molecule has 4 aromatic rings. The van der Waals surface area contributed by atoms with Gasteiger partial charge >= 0.3 is 13.7 Å². The number of carbonyl (C=O) groups excluding carboxylic acids is 1. The number of alkyl halides is 2. The van der Waals surface area contributed by atoms with Crippen molar-refractivity contribution in [1.82, 2.24) is 24.6 Å². The number of aromatic nitrogens is 4. The Kier molecular flexibility index (Phi) is 10.1. The van der Waals surface area contributed by atoms with Crippen LogP contribution in [0.1, 0.15) is 39.7 Å². The molecule has 2 aromatic carbocycles. The van der Waals surface area contributed by atoms with Crippen LogP contribution in [-0.2, 0) is 23.4 Å². The van der Waals surface area contributed by atoms with Crippen molar-refractivity contribution in [2.45, 2.75) is 64.8 Å². The van der Waals surface area contributed by atoms with Gasteiger partial charge in [-0.25, -0.2) is 23.9 Å². The Hall–Kier alpha value is -3.39. The lowest BCUT2D eigenvalue weighted by molar-refractivity contribution is -0.148. The van der Waals surface area contributed by atoms with Gasteiger partial charge in [-0.05, 0) is 30.7 Å². The molecule has 1 aliphatic heterocycles. The second-order valence-electron chi connectivity index (χ2n) is 12.6. The number of aliphatic hydroxyl groups excluding tert-OH is 1. The molecule has 3 heterocycles. The normalized spacial score (nSPS) is 23.5. The van der Waals surface area contributed by atoms with Crippen LogP contribution >= 0.6 is 19.3 Å². The molecule has 1 aliphatic rings. The van der Waals surface area contributed by atoms with Crippen molar-refractivity contribution in [3.05, 3.63) is 54.6 Å². The Morgan fingerprint density at radius 1 is 1.23 bits per heavy atom. The van der Waals surface area contributed by atoms with Gasteiger partial charge < -0.3 is 24.4 Å². The first-order chi connectivity index (χ1) is 22.2. The number of nitrogens with one attached hydrogen (secondary N) is 2. The summed E-state index contributed by atoms with van der Waals surface area (Å²) in [6.07, 6.45) is -3.93. The van der Waals surface area contributed by atoms with Crippen LogP contribution < -0.4 is 14.9 Å². The van der Waals surface area contributed by atoms with Gasteiger partial charge in [-0.1, -0.05) is 57.2 Å². The molecule has 6 atom stereocenters. The van der Waals surface area contributed by atoms with Crippen LogP contribution in [0.2, 0.25) is 0 Å². The van der Waals surface area contributed by atoms with E-state index < -0.39 is 56.3 Å². The van der Waals surface area contributed by atoms with E-state index in [-0.39, 0.29) is 23.4 Å². The highest BCUT2D eigenvalue weighted by molar-refractivity contribution is 7.52. The molecule has 0 bridgehead atoms. The smallest absolute Gasteiger partial charge is 0.459 e. The average Bonchev–Trinajstić information content (AvgIpc) is 3.56. The fraction of sp³-hybridized carbons (Fsp3) is 0.484. The number of anilines is 1. The predicted molar refractivity (Wildman–Crippen MR) is 175 cm³/mol. The van der Waals surface area contributed by atoms with Crippen LogP contribution in [0, 0.1) is 12.3 Å². The molecule has 3 N–H and O–H groups in total. The minimum absolute atomic E-state index is 0.116. The first-order valence-electron chi connectivity index (χ1n) is 15.0. The topological polar surface area (TPSA) is 159 Å². The van der Waals surface area contributed by atoms with E-state index in [1.807, 2.05) is 39.0 Å². The Morgan fingerprint density at radius 2 is 1.96 bits per heavy atom. The van der Waals surface area contributed by atoms with Crippen LogP contribution in [-0.4, -0.2) is 80.7 Å². The third-order valence-corrected chi connectivity index (χ3v) is 9.60. The number of halogens is 2. The van der Waals surface area contributed by atoms with Crippen LogP contribution in [0.25, 0.3) is 21.9 Å². The summed E-state index contributed by atoms with van der Waals surface area (Å²) in [4.78, 5) is 25.9. The summed E-state index contributed by atoms with van der Waals surface area (Å²) >= 11 is 6.33. The van der Waals surface area contributed by atoms with E-state index in [9.17, 15) is 14.5 Å². The van der Waals surface area contributed by atoms with Crippen LogP contribution in [0.3, 0.4) is 0 Å².